The summed E-state index contributed by atoms with van der Waals surface area (Å²) in [5.41, 5.74) is 1.79. The van der Waals surface area contributed by atoms with Crippen LogP contribution in [0.3, 0.4) is 0 Å². The van der Waals surface area contributed by atoms with E-state index in [1.807, 2.05) is 11.0 Å². The molecule has 1 aromatic carbocycles. The Kier molecular flexibility index (Phi) is 4.23. The highest BCUT2D eigenvalue weighted by atomic mass is 32.2. The topological polar surface area (TPSA) is 57.7 Å². The summed E-state index contributed by atoms with van der Waals surface area (Å²) in [4.78, 5) is 16.9. The molecule has 0 aliphatic carbocycles. The van der Waals surface area contributed by atoms with E-state index in [1.54, 1.807) is 12.1 Å². The number of rotatable bonds is 2. The number of fused-ring (bicyclic) bond motifs is 1. The van der Waals surface area contributed by atoms with Crippen LogP contribution in [0.25, 0.3) is 0 Å². The third-order valence-corrected chi connectivity index (χ3v) is 6.42. The SMILES string of the molecule is CN1CCN(C(=O)Cc2ccc3c(c2)CCCS3(=O)=O)CC1. The van der Waals surface area contributed by atoms with Crippen molar-refractivity contribution >= 4 is 15.7 Å². The molecule has 2 aliphatic heterocycles. The first kappa shape index (κ1) is 15.5. The van der Waals surface area contributed by atoms with Gasteiger partial charge in [0.2, 0.25) is 5.91 Å². The summed E-state index contributed by atoms with van der Waals surface area (Å²) in [5, 5.41) is 0. The summed E-state index contributed by atoms with van der Waals surface area (Å²) in [6.45, 7) is 3.37. The Bertz CT molecular complexity index is 677. The molecule has 1 saturated heterocycles. The highest BCUT2D eigenvalue weighted by Gasteiger charge is 2.24. The number of piperazine rings is 1. The van der Waals surface area contributed by atoms with Crippen molar-refractivity contribution in [3.05, 3.63) is 29.3 Å². The lowest BCUT2D eigenvalue weighted by Gasteiger charge is -2.32. The minimum atomic E-state index is -3.11. The van der Waals surface area contributed by atoms with Gasteiger partial charge in [0.15, 0.2) is 9.84 Å². The molecule has 0 spiro atoms. The van der Waals surface area contributed by atoms with Gasteiger partial charge in [-0.15, -0.1) is 0 Å². The number of hydrogen-bond acceptors (Lipinski definition) is 4. The number of amides is 1. The fourth-order valence-electron chi connectivity index (χ4n) is 3.15. The largest absolute Gasteiger partial charge is 0.340 e. The van der Waals surface area contributed by atoms with E-state index in [2.05, 4.69) is 11.9 Å². The molecule has 0 atom stereocenters. The standard InChI is InChI=1S/C16H22N2O3S/c1-17-6-8-18(9-7-17)16(19)12-13-4-5-15-14(11-13)3-2-10-22(15,20)21/h4-5,11H,2-3,6-10,12H2,1H3. The van der Waals surface area contributed by atoms with E-state index < -0.39 is 9.84 Å². The number of likely N-dealkylation sites (N-methyl/N-ethyl adjacent to an activating group) is 1. The van der Waals surface area contributed by atoms with Crippen molar-refractivity contribution in [2.45, 2.75) is 24.2 Å². The van der Waals surface area contributed by atoms with Crippen molar-refractivity contribution in [1.82, 2.24) is 9.80 Å². The van der Waals surface area contributed by atoms with Gasteiger partial charge in [-0.3, -0.25) is 4.79 Å². The first-order valence-electron chi connectivity index (χ1n) is 7.76. The van der Waals surface area contributed by atoms with E-state index in [9.17, 15) is 13.2 Å². The van der Waals surface area contributed by atoms with Gasteiger partial charge in [-0.05, 0) is 37.1 Å². The van der Waals surface area contributed by atoms with Crippen LogP contribution in [0.5, 0.6) is 0 Å². The van der Waals surface area contributed by atoms with Gasteiger partial charge in [-0.25, -0.2) is 8.42 Å². The monoisotopic (exact) mass is 322 g/mol. The van der Waals surface area contributed by atoms with Crippen LogP contribution >= 0.6 is 0 Å². The van der Waals surface area contributed by atoms with E-state index in [0.29, 0.717) is 17.7 Å². The summed E-state index contributed by atoms with van der Waals surface area (Å²) in [7, 11) is -1.05. The molecule has 22 heavy (non-hydrogen) atoms. The maximum atomic E-state index is 12.4. The van der Waals surface area contributed by atoms with Crippen molar-refractivity contribution in [3.8, 4) is 0 Å². The molecule has 0 aromatic heterocycles. The number of aryl methyl sites for hydroxylation is 1. The average Bonchev–Trinajstić information content (AvgIpc) is 2.47. The molecule has 2 heterocycles. The average molecular weight is 322 g/mol. The van der Waals surface area contributed by atoms with E-state index in [0.717, 1.165) is 43.7 Å². The highest BCUT2D eigenvalue weighted by Crippen LogP contribution is 2.26. The van der Waals surface area contributed by atoms with Gasteiger partial charge in [-0.2, -0.15) is 0 Å². The second-order valence-corrected chi connectivity index (χ2v) is 8.30. The lowest BCUT2D eigenvalue weighted by atomic mass is 10.0. The quantitative estimate of drug-likeness (QED) is 0.805. The molecule has 0 bridgehead atoms. The Hall–Kier alpha value is -1.40. The molecular weight excluding hydrogens is 300 g/mol. The molecule has 120 valence electrons. The van der Waals surface area contributed by atoms with E-state index >= 15 is 0 Å². The zero-order valence-electron chi connectivity index (χ0n) is 12.9. The van der Waals surface area contributed by atoms with Crippen molar-refractivity contribution in [2.24, 2.45) is 0 Å². The molecule has 0 radical (unpaired) electrons. The summed E-state index contributed by atoms with van der Waals surface area (Å²) >= 11 is 0. The molecular formula is C16H22N2O3S. The van der Waals surface area contributed by atoms with Crippen molar-refractivity contribution in [2.75, 3.05) is 39.0 Å². The smallest absolute Gasteiger partial charge is 0.227 e. The third kappa shape index (κ3) is 3.17. The second-order valence-electron chi connectivity index (χ2n) is 6.23. The number of carbonyl (C=O) groups is 1. The molecule has 2 aliphatic rings. The van der Waals surface area contributed by atoms with Gasteiger partial charge >= 0.3 is 0 Å². The van der Waals surface area contributed by atoms with Crippen LogP contribution in [0.4, 0.5) is 0 Å². The van der Waals surface area contributed by atoms with Crippen LogP contribution in [0.2, 0.25) is 0 Å². The van der Waals surface area contributed by atoms with Gasteiger partial charge in [0.25, 0.3) is 0 Å². The molecule has 5 nitrogen and oxygen atoms in total. The number of benzene rings is 1. The normalized spacial score (nSPS) is 21.4. The molecule has 1 fully saturated rings. The molecule has 3 rings (SSSR count). The third-order valence-electron chi connectivity index (χ3n) is 4.53. The molecule has 6 heteroatoms. The fourth-order valence-corrected chi connectivity index (χ4v) is 4.73. The van der Waals surface area contributed by atoms with Gasteiger partial charge < -0.3 is 9.80 Å². The van der Waals surface area contributed by atoms with Crippen LogP contribution in [0.1, 0.15) is 17.5 Å². The molecule has 0 unspecified atom stereocenters. The lowest BCUT2D eigenvalue weighted by molar-refractivity contribution is -0.132. The molecule has 1 aromatic rings. The zero-order chi connectivity index (χ0) is 15.7. The zero-order valence-corrected chi connectivity index (χ0v) is 13.7. The predicted molar refractivity (Wildman–Crippen MR) is 84.6 cm³/mol. The summed E-state index contributed by atoms with van der Waals surface area (Å²) in [5.74, 6) is 0.367. The van der Waals surface area contributed by atoms with Crippen LogP contribution in [-0.2, 0) is 27.5 Å². The lowest BCUT2D eigenvalue weighted by Crippen LogP contribution is -2.47. The number of sulfone groups is 1. The Labute approximate surface area is 131 Å². The number of nitrogens with zero attached hydrogens (tertiary/aromatic N) is 2. The van der Waals surface area contributed by atoms with Gasteiger partial charge in [0.05, 0.1) is 17.1 Å². The van der Waals surface area contributed by atoms with Crippen LogP contribution in [0.15, 0.2) is 23.1 Å². The Morgan fingerprint density at radius 3 is 2.64 bits per heavy atom. The second kappa shape index (κ2) is 6.01. The van der Waals surface area contributed by atoms with Crippen LogP contribution < -0.4 is 0 Å². The Morgan fingerprint density at radius 2 is 1.91 bits per heavy atom. The van der Waals surface area contributed by atoms with Crippen LogP contribution in [-0.4, -0.2) is 63.1 Å². The van der Waals surface area contributed by atoms with E-state index in [-0.39, 0.29) is 11.7 Å². The molecule has 0 N–H and O–H groups in total. The Balaban J connectivity index is 1.72. The van der Waals surface area contributed by atoms with Crippen molar-refractivity contribution < 1.29 is 13.2 Å². The van der Waals surface area contributed by atoms with E-state index in [4.69, 9.17) is 0 Å². The summed E-state index contributed by atoms with van der Waals surface area (Å²) in [6, 6.07) is 5.37. The van der Waals surface area contributed by atoms with Crippen molar-refractivity contribution in [1.29, 1.82) is 0 Å². The van der Waals surface area contributed by atoms with E-state index in [1.165, 1.54) is 0 Å². The van der Waals surface area contributed by atoms with Crippen LogP contribution in [0, 0.1) is 0 Å². The highest BCUT2D eigenvalue weighted by molar-refractivity contribution is 7.91. The Morgan fingerprint density at radius 1 is 1.18 bits per heavy atom. The number of carbonyl (C=O) groups excluding carboxylic acids is 1. The first-order chi connectivity index (χ1) is 10.5. The predicted octanol–water partition coefficient (Wildman–Crippen LogP) is 0.723. The van der Waals surface area contributed by atoms with Crippen molar-refractivity contribution in [3.63, 3.8) is 0 Å². The fraction of sp³-hybridized carbons (Fsp3) is 0.562. The van der Waals surface area contributed by atoms with Gasteiger partial charge in [0.1, 0.15) is 0 Å². The maximum absolute atomic E-state index is 12.4. The molecule has 0 saturated carbocycles. The van der Waals surface area contributed by atoms with Gasteiger partial charge in [0, 0.05) is 26.2 Å². The van der Waals surface area contributed by atoms with Gasteiger partial charge in [-0.1, -0.05) is 12.1 Å². The first-order valence-corrected chi connectivity index (χ1v) is 9.42. The minimum Gasteiger partial charge on any atom is -0.340 e. The number of hydrogen-bond donors (Lipinski definition) is 0. The summed E-state index contributed by atoms with van der Waals surface area (Å²) in [6.07, 6.45) is 1.81. The minimum absolute atomic E-state index is 0.131. The maximum Gasteiger partial charge on any atom is 0.227 e. The summed E-state index contributed by atoms with van der Waals surface area (Å²) < 4.78 is 24.0. The molecule has 1 amide bonds.